The molecular formula is C15H22N2. The van der Waals surface area contributed by atoms with Crippen LogP contribution in [0.1, 0.15) is 30.9 Å². The SMILES string of the molecule is CCC1CCN(Cc2cccc3c2NCC3)C1. The fraction of sp³-hybridized carbons (Fsp3) is 0.600. The lowest BCUT2D eigenvalue weighted by atomic mass is 10.1. The smallest absolute Gasteiger partial charge is 0.0419 e. The molecule has 2 aliphatic heterocycles. The molecule has 3 rings (SSSR count). The van der Waals surface area contributed by atoms with E-state index in [1.807, 2.05) is 0 Å². The van der Waals surface area contributed by atoms with Gasteiger partial charge in [0, 0.05) is 25.3 Å². The maximum atomic E-state index is 3.54. The Morgan fingerprint density at radius 3 is 3.18 bits per heavy atom. The number of fused-ring (bicyclic) bond motifs is 1. The molecule has 2 nitrogen and oxygen atoms in total. The monoisotopic (exact) mass is 230 g/mol. The number of rotatable bonds is 3. The van der Waals surface area contributed by atoms with Crippen molar-refractivity contribution in [3.05, 3.63) is 29.3 Å². The lowest BCUT2D eigenvalue weighted by Gasteiger charge is -2.18. The van der Waals surface area contributed by atoms with Crippen LogP contribution in [0.3, 0.4) is 0 Å². The fourth-order valence-electron chi connectivity index (χ4n) is 3.17. The van der Waals surface area contributed by atoms with Crippen LogP contribution in [0.5, 0.6) is 0 Å². The van der Waals surface area contributed by atoms with Crippen molar-refractivity contribution in [1.82, 2.24) is 4.90 Å². The van der Waals surface area contributed by atoms with E-state index in [1.54, 1.807) is 0 Å². The Kier molecular flexibility index (Phi) is 3.06. The van der Waals surface area contributed by atoms with Crippen LogP contribution in [0.2, 0.25) is 0 Å². The molecule has 1 N–H and O–H groups in total. The zero-order valence-electron chi connectivity index (χ0n) is 10.7. The standard InChI is InChI=1S/C15H22N2/c1-2-12-7-9-17(10-12)11-14-5-3-4-13-6-8-16-15(13)14/h3-5,12,16H,2,6-11H2,1H3. The predicted molar refractivity (Wildman–Crippen MR) is 72.3 cm³/mol. The number of anilines is 1. The molecule has 1 aromatic rings. The van der Waals surface area contributed by atoms with Crippen LogP contribution in [-0.2, 0) is 13.0 Å². The van der Waals surface area contributed by atoms with E-state index in [0.717, 1.165) is 19.0 Å². The number of para-hydroxylation sites is 1. The predicted octanol–water partition coefficient (Wildman–Crippen LogP) is 2.89. The zero-order chi connectivity index (χ0) is 11.7. The van der Waals surface area contributed by atoms with Crippen molar-refractivity contribution in [2.75, 3.05) is 25.0 Å². The summed E-state index contributed by atoms with van der Waals surface area (Å²) in [5.41, 5.74) is 4.43. The van der Waals surface area contributed by atoms with Crippen LogP contribution >= 0.6 is 0 Å². The molecule has 0 spiro atoms. The number of nitrogens with zero attached hydrogens (tertiary/aromatic N) is 1. The Morgan fingerprint density at radius 2 is 2.35 bits per heavy atom. The molecule has 2 heteroatoms. The number of benzene rings is 1. The molecule has 17 heavy (non-hydrogen) atoms. The van der Waals surface area contributed by atoms with Gasteiger partial charge >= 0.3 is 0 Å². The number of nitrogens with one attached hydrogen (secondary N) is 1. The van der Waals surface area contributed by atoms with Crippen molar-refractivity contribution in [2.45, 2.75) is 32.7 Å². The number of hydrogen-bond donors (Lipinski definition) is 1. The molecule has 0 bridgehead atoms. The second-order valence-electron chi connectivity index (χ2n) is 5.43. The maximum Gasteiger partial charge on any atom is 0.0419 e. The Hall–Kier alpha value is -1.02. The Bertz CT molecular complexity index is 400. The maximum absolute atomic E-state index is 3.54. The third kappa shape index (κ3) is 2.19. The highest BCUT2D eigenvalue weighted by atomic mass is 15.1. The summed E-state index contributed by atoms with van der Waals surface area (Å²) in [7, 11) is 0. The van der Waals surface area contributed by atoms with E-state index >= 15 is 0 Å². The van der Waals surface area contributed by atoms with Crippen LogP contribution < -0.4 is 5.32 Å². The van der Waals surface area contributed by atoms with E-state index in [4.69, 9.17) is 0 Å². The molecule has 0 saturated carbocycles. The molecule has 92 valence electrons. The first-order chi connectivity index (χ1) is 8.36. The van der Waals surface area contributed by atoms with Gasteiger partial charge in [-0.1, -0.05) is 31.5 Å². The lowest BCUT2D eigenvalue weighted by Crippen LogP contribution is -2.20. The summed E-state index contributed by atoms with van der Waals surface area (Å²) in [5, 5.41) is 3.54. The third-order valence-corrected chi connectivity index (χ3v) is 4.27. The average Bonchev–Trinajstić information content (AvgIpc) is 2.97. The largest absolute Gasteiger partial charge is 0.384 e. The van der Waals surface area contributed by atoms with Crippen LogP contribution in [0.25, 0.3) is 0 Å². The highest BCUT2D eigenvalue weighted by molar-refractivity contribution is 5.61. The highest BCUT2D eigenvalue weighted by Crippen LogP contribution is 2.29. The van der Waals surface area contributed by atoms with Gasteiger partial charge in [-0.25, -0.2) is 0 Å². The van der Waals surface area contributed by atoms with Crippen LogP contribution in [0, 0.1) is 5.92 Å². The molecule has 1 saturated heterocycles. The summed E-state index contributed by atoms with van der Waals surface area (Å²) in [6.07, 6.45) is 3.92. The van der Waals surface area contributed by atoms with Crippen LogP contribution in [0.15, 0.2) is 18.2 Å². The van der Waals surface area contributed by atoms with Crippen molar-refractivity contribution in [3.8, 4) is 0 Å². The quantitative estimate of drug-likeness (QED) is 0.859. The minimum absolute atomic E-state index is 0.930. The molecular weight excluding hydrogens is 208 g/mol. The number of likely N-dealkylation sites (tertiary alicyclic amines) is 1. The van der Waals surface area contributed by atoms with Gasteiger partial charge < -0.3 is 5.32 Å². The van der Waals surface area contributed by atoms with E-state index in [0.29, 0.717) is 0 Å². The van der Waals surface area contributed by atoms with Gasteiger partial charge in [-0.3, -0.25) is 4.90 Å². The highest BCUT2D eigenvalue weighted by Gasteiger charge is 2.22. The van der Waals surface area contributed by atoms with Gasteiger partial charge in [-0.05, 0) is 36.4 Å². The molecule has 2 aliphatic rings. The van der Waals surface area contributed by atoms with Gasteiger partial charge in [0.1, 0.15) is 0 Å². The second kappa shape index (κ2) is 4.69. The van der Waals surface area contributed by atoms with E-state index in [-0.39, 0.29) is 0 Å². The van der Waals surface area contributed by atoms with E-state index in [9.17, 15) is 0 Å². The van der Waals surface area contributed by atoms with Gasteiger partial charge in [0.25, 0.3) is 0 Å². The third-order valence-electron chi connectivity index (χ3n) is 4.27. The number of hydrogen-bond acceptors (Lipinski definition) is 2. The average molecular weight is 230 g/mol. The molecule has 0 radical (unpaired) electrons. The first-order valence-corrected chi connectivity index (χ1v) is 6.94. The van der Waals surface area contributed by atoms with E-state index in [1.165, 1.54) is 49.2 Å². The lowest BCUT2D eigenvalue weighted by molar-refractivity contribution is 0.315. The molecule has 2 heterocycles. The summed E-state index contributed by atoms with van der Waals surface area (Å²) in [6.45, 7) is 7.13. The molecule has 1 atom stereocenters. The van der Waals surface area contributed by atoms with E-state index in [2.05, 4.69) is 35.3 Å². The summed E-state index contributed by atoms with van der Waals surface area (Å²) < 4.78 is 0. The fourth-order valence-corrected chi connectivity index (χ4v) is 3.17. The molecule has 0 aromatic heterocycles. The zero-order valence-corrected chi connectivity index (χ0v) is 10.7. The molecule has 0 aliphatic carbocycles. The van der Waals surface area contributed by atoms with Gasteiger partial charge in [0.2, 0.25) is 0 Å². The minimum atomic E-state index is 0.930. The van der Waals surface area contributed by atoms with Crippen molar-refractivity contribution >= 4 is 5.69 Å². The summed E-state index contributed by atoms with van der Waals surface area (Å²) >= 11 is 0. The molecule has 1 unspecified atom stereocenters. The van der Waals surface area contributed by atoms with Crippen molar-refractivity contribution in [3.63, 3.8) is 0 Å². The molecule has 0 amide bonds. The first kappa shape index (κ1) is 11.1. The first-order valence-electron chi connectivity index (χ1n) is 6.94. The van der Waals surface area contributed by atoms with Crippen molar-refractivity contribution in [2.24, 2.45) is 5.92 Å². The molecule has 1 aromatic carbocycles. The van der Waals surface area contributed by atoms with Crippen LogP contribution in [-0.4, -0.2) is 24.5 Å². The normalized spacial score (nSPS) is 23.7. The van der Waals surface area contributed by atoms with Gasteiger partial charge in [0.05, 0.1) is 0 Å². The Morgan fingerprint density at radius 1 is 1.41 bits per heavy atom. The van der Waals surface area contributed by atoms with Crippen LogP contribution in [0.4, 0.5) is 5.69 Å². The summed E-state index contributed by atoms with van der Waals surface area (Å²) in [6, 6.07) is 6.77. The minimum Gasteiger partial charge on any atom is -0.384 e. The van der Waals surface area contributed by atoms with E-state index < -0.39 is 0 Å². The molecule has 1 fully saturated rings. The summed E-state index contributed by atoms with van der Waals surface area (Å²) in [5.74, 6) is 0.930. The summed E-state index contributed by atoms with van der Waals surface area (Å²) in [4.78, 5) is 2.61. The topological polar surface area (TPSA) is 15.3 Å². The van der Waals surface area contributed by atoms with Crippen molar-refractivity contribution < 1.29 is 0 Å². The second-order valence-corrected chi connectivity index (χ2v) is 5.43. The van der Waals surface area contributed by atoms with Gasteiger partial charge in [-0.2, -0.15) is 0 Å². The Labute approximate surface area is 104 Å². The van der Waals surface area contributed by atoms with Crippen molar-refractivity contribution in [1.29, 1.82) is 0 Å². The Balaban J connectivity index is 1.72. The van der Waals surface area contributed by atoms with Gasteiger partial charge in [-0.15, -0.1) is 0 Å². The van der Waals surface area contributed by atoms with Gasteiger partial charge in [0.15, 0.2) is 0 Å².